The number of piperazine rings is 1. The molecule has 0 atom stereocenters. The monoisotopic (exact) mass is 444 g/mol. The summed E-state index contributed by atoms with van der Waals surface area (Å²) in [5.41, 5.74) is 0.883. The molecule has 1 saturated heterocycles. The predicted molar refractivity (Wildman–Crippen MR) is 113 cm³/mol. The first-order valence-electron chi connectivity index (χ1n) is 9.80. The fourth-order valence-electron chi connectivity index (χ4n) is 3.53. The number of aromatic nitrogens is 4. The van der Waals surface area contributed by atoms with Gasteiger partial charge in [0, 0.05) is 32.2 Å². The van der Waals surface area contributed by atoms with E-state index < -0.39 is 10.0 Å². The fraction of sp³-hybridized carbons (Fsp3) is 0.350. The second kappa shape index (κ2) is 9.00. The molecule has 1 fully saturated rings. The minimum Gasteiger partial charge on any atom is -0.497 e. The first-order valence-corrected chi connectivity index (χ1v) is 11.2. The van der Waals surface area contributed by atoms with Crippen molar-refractivity contribution in [3.05, 3.63) is 54.4 Å². The van der Waals surface area contributed by atoms with Crippen LogP contribution in [0.4, 0.5) is 0 Å². The zero-order chi connectivity index (χ0) is 21.8. The Labute approximate surface area is 181 Å². The van der Waals surface area contributed by atoms with Crippen LogP contribution in [0.1, 0.15) is 5.82 Å². The summed E-state index contributed by atoms with van der Waals surface area (Å²) in [6, 6.07) is 14.4. The number of hydrogen-bond acceptors (Lipinski definition) is 8. The van der Waals surface area contributed by atoms with Crippen LogP contribution in [0.15, 0.2) is 53.4 Å². The Morgan fingerprint density at radius 2 is 1.71 bits per heavy atom. The highest BCUT2D eigenvalue weighted by Crippen LogP contribution is 2.31. The molecule has 31 heavy (non-hydrogen) atoms. The van der Waals surface area contributed by atoms with E-state index in [4.69, 9.17) is 9.47 Å². The minimum atomic E-state index is -3.72. The van der Waals surface area contributed by atoms with Gasteiger partial charge in [-0.1, -0.05) is 18.2 Å². The highest BCUT2D eigenvalue weighted by molar-refractivity contribution is 7.89. The van der Waals surface area contributed by atoms with Crippen molar-refractivity contribution in [3.63, 3.8) is 0 Å². The lowest BCUT2D eigenvalue weighted by molar-refractivity contribution is 0.176. The summed E-state index contributed by atoms with van der Waals surface area (Å²) >= 11 is 0. The highest BCUT2D eigenvalue weighted by atomic mass is 32.2. The quantitative estimate of drug-likeness (QED) is 0.535. The predicted octanol–water partition coefficient (Wildman–Crippen LogP) is 1.19. The Morgan fingerprint density at radius 1 is 0.968 bits per heavy atom. The molecule has 164 valence electrons. The van der Waals surface area contributed by atoms with Crippen LogP contribution in [0.2, 0.25) is 0 Å². The number of methoxy groups -OCH3 is 2. The Hall–Kier alpha value is -3.02. The lowest BCUT2D eigenvalue weighted by Crippen LogP contribution is -2.48. The Morgan fingerprint density at radius 3 is 2.39 bits per heavy atom. The van der Waals surface area contributed by atoms with E-state index in [1.165, 1.54) is 24.6 Å². The normalized spacial score (nSPS) is 15.7. The molecule has 10 nitrogen and oxygen atoms in total. The van der Waals surface area contributed by atoms with Gasteiger partial charge < -0.3 is 9.47 Å². The van der Waals surface area contributed by atoms with Crippen LogP contribution in [0.5, 0.6) is 11.5 Å². The highest BCUT2D eigenvalue weighted by Gasteiger charge is 2.31. The molecule has 4 rings (SSSR count). The summed E-state index contributed by atoms with van der Waals surface area (Å²) in [5, 5.41) is 12.0. The second-order valence-corrected chi connectivity index (χ2v) is 8.95. The largest absolute Gasteiger partial charge is 0.497 e. The van der Waals surface area contributed by atoms with E-state index in [9.17, 15) is 8.42 Å². The van der Waals surface area contributed by atoms with Crippen LogP contribution in [-0.2, 0) is 16.6 Å². The molecule has 2 aromatic carbocycles. The van der Waals surface area contributed by atoms with Crippen molar-refractivity contribution >= 4 is 10.0 Å². The van der Waals surface area contributed by atoms with Crippen LogP contribution >= 0.6 is 0 Å². The molecule has 0 saturated carbocycles. The van der Waals surface area contributed by atoms with Crippen LogP contribution in [0.3, 0.4) is 0 Å². The molecule has 0 spiro atoms. The maximum absolute atomic E-state index is 13.2. The van der Waals surface area contributed by atoms with Gasteiger partial charge in [-0.15, -0.1) is 5.10 Å². The molecule has 0 bridgehead atoms. The Kier molecular flexibility index (Phi) is 6.16. The van der Waals surface area contributed by atoms with Crippen molar-refractivity contribution < 1.29 is 17.9 Å². The summed E-state index contributed by atoms with van der Waals surface area (Å²) in [4.78, 5) is 2.25. The SMILES string of the molecule is COc1ccc(OC)c(S(=O)(=O)N2CCN(Cc3nnnn3-c3ccccc3)CC2)c1. The van der Waals surface area contributed by atoms with Crippen LogP contribution in [0, 0.1) is 0 Å². The molecule has 0 N–H and O–H groups in total. The van der Waals surface area contributed by atoms with Crippen molar-refractivity contribution in [3.8, 4) is 17.2 Å². The molecular formula is C20H24N6O4S. The number of sulfonamides is 1. The average Bonchev–Trinajstić information content (AvgIpc) is 3.27. The number of rotatable bonds is 7. The maximum Gasteiger partial charge on any atom is 0.246 e. The molecule has 0 unspecified atom stereocenters. The standard InChI is InChI=1S/C20H24N6O4S/c1-29-17-8-9-18(30-2)19(14-17)31(27,28)25-12-10-24(11-13-25)15-20-21-22-23-26(20)16-6-4-3-5-7-16/h3-9,14H,10-13,15H2,1-2H3. The van der Waals surface area contributed by atoms with Gasteiger partial charge in [-0.25, -0.2) is 8.42 Å². The van der Waals surface area contributed by atoms with Gasteiger partial charge >= 0.3 is 0 Å². The lowest BCUT2D eigenvalue weighted by atomic mass is 10.3. The van der Waals surface area contributed by atoms with E-state index in [-0.39, 0.29) is 4.90 Å². The smallest absolute Gasteiger partial charge is 0.246 e. The van der Waals surface area contributed by atoms with Crippen LogP contribution in [0.25, 0.3) is 5.69 Å². The van der Waals surface area contributed by atoms with Gasteiger partial charge in [0.15, 0.2) is 5.82 Å². The number of ether oxygens (including phenoxy) is 2. The molecule has 1 aliphatic rings. The summed E-state index contributed by atoms with van der Waals surface area (Å²) in [6.07, 6.45) is 0. The van der Waals surface area contributed by atoms with E-state index in [1.54, 1.807) is 16.8 Å². The first-order chi connectivity index (χ1) is 15.0. The third-order valence-electron chi connectivity index (χ3n) is 5.22. The van der Waals surface area contributed by atoms with Gasteiger partial charge in [0.05, 0.1) is 26.5 Å². The second-order valence-electron chi connectivity index (χ2n) is 7.04. The third-order valence-corrected chi connectivity index (χ3v) is 7.14. The molecule has 1 aliphatic heterocycles. The minimum absolute atomic E-state index is 0.107. The topological polar surface area (TPSA) is 103 Å². The molecule has 1 aromatic heterocycles. The van der Waals surface area contributed by atoms with Crippen molar-refractivity contribution in [2.75, 3.05) is 40.4 Å². The van der Waals surface area contributed by atoms with Crippen molar-refractivity contribution in [2.24, 2.45) is 0 Å². The van der Waals surface area contributed by atoms with Gasteiger partial charge in [-0.3, -0.25) is 4.90 Å². The number of hydrogen-bond donors (Lipinski definition) is 0. The van der Waals surface area contributed by atoms with E-state index in [1.807, 2.05) is 30.3 Å². The van der Waals surface area contributed by atoms with Gasteiger partial charge in [0.2, 0.25) is 10.0 Å². The zero-order valence-electron chi connectivity index (χ0n) is 17.4. The third kappa shape index (κ3) is 4.38. The molecule has 0 radical (unpaired) electrons. The molecule has 0 amide bonds. The van der Waals surface area contributed by atoms with E-state index >= 15 is 0 Å². The molecule has 0 aliphatic carbocycles. The van der Waals surface area contributed by atoms with Crippen molar-refractivity contribution in [1.82, 2.24) is 29.4 Å². The Balaban J connectivity index is 1.46. The average molecular weight is 445 g/mol. The Bertz CT molecular complexity index is 1130. The molecule has 11 heteroatoms. The molecule has 3 aromatic rings. The van der Waals surface area contributed by atoms with Gasteiger partial charge in [0.1, 0.15) is 16.4 Å². The molecular weight excluding hydrogens is 420 g/mol. The van der Waals surface area contributed by atoms with Crippen molar-refractivity contribution in [1.29, 1.82) is 0 Å². The maximum atomic E-state index is 13.2. The summed E-state index contributed by atoms with van der Waals surface area (Å²) in [7, 11) is -0.764. The van der Waals surface area contributed by atoms with Gasteiger partial charge in [0.25, 0.3) is 0 Å². The summed E-state index contributed by atoms with van der Waals surface area (Å²) < 4.78 is 40.1. The zero-order valence-corrected chi connectivity index (χ0v) is 18.2. The number of para-hydroxylation sites is 1. The summed E-state index contributed by atoms with van der Waals surface area (Å²) in [6.45, 7) is 2.36. The number of tetrazole rings is 1. The van der Waals surface area contributed by atoms with Crippen LogP contribution in [-0.4, -0.2) is 78.2 Å². The molecule has 2 heterocycles. The van der Waals surface area contributed by atoms with E-state index in [0.29, 0.717) is 50.0 Å². The van der Waals surface area contributed by atoms with Gasteiger partial charge in [-0.2, -0.15) is 8.99 Å². The number of benzene rings is 2. The lowest BCUT2D eigenvalue weighted by Gasteiger charge is -2.33. The van der Waals surface area contributed by atoms with Crippen molar-refractivity contribution in [2.45, 2.75) is 11.4 Å². The van der Waals surface area contributed by atoms with Crippen LogP contribution < -0.4 is 9.47 Å². The summed E-state index contributed by atoms with van der Waals surface area (Å²) in [5.74, 6) is 1.47. The first kappa shape index (κ1) is 21.2. The van der Waals surface area contributed by atoms with E-state index in [0.717, 1.165) is 5.69 Å². The van der Waals surface area contributed by atoms with Gasteiger partial charge in [-0.05, 0) is 34.7 Å². The fourth-order valence-corrected chi connectivity index (χ4v) is 5.12. The van der Waals surface area contributed by atoms with E-state index in [2.05, 4.69) is 20.4 Å². The number of nitrogens with zero attached hydrogens (tertiary/aromatic N) is 6.